The molecule has 0 amide bonds. The van der Waals surface area contributed by atoms with E-state index in [2.05, 4.69) is 55.8 Å². The van der Waals surface area contributed by atoms with Crippen molar-refractivity contribution in [3.05, 3.63) is 34.3 Å². The van der Waals surface area contributed by atoms with Crippen LogP contribution in [0.3, 0.4) is 0 Å². The van der Waals surface area contributed by atoms with E-state index < -0.39 is 0 Å². The number of ether oxygens (including phenoxy) is 1. The predicted molar refractivity (Wildman–Crippen MR) is 85.2 cm³/mol. The summed E-state index contributed by atoms with van der Waals surface area (Å²) in [6, 6.07) is 8.27. The Labute approximate surface area is 125 Å². The molecule has 0 saturated heterocycles. The topological polar surface area (TPSA) is 35.2 Å². The van der Waals surface area contributed by atoms with Gasteiger partial charge in [-0.05, 0) is 36.0 Å². The van der Waals surface area contributed by atoms with E-state index in [4.69, 9.17) is 10.5 Å². The van der Waals surface area contributed by atoms with Crippen LogP contribution < -0.4 is 5.73 Å². The standard InChI is InChI=1S/C16H26BrNO/c1-5-14(18)15(19-10-9-16(2,3)4)12-7-6-8-13(17)11-12/h6-8,11,14-15H,5,9-10,18H2,1-4H3. The second kappa shape index (κ2) is 7.41. The average Bonchev–Trinajstić information content (AvgIpc) is 2.32. The molecule has 19 heavy (non-hydrogen) atoms. The van der Waals surface area contributed by atoms with Crippen molar-refractivity contribution in [2.75, 3.05) is 6.61 Å². The number of halogens is 1. The summed E-state index contributed by atoms with van der Waals surface area (Å²) in [7, 11) is 0. The molecular weight excluding hydrogens is 302 g/mol. The fraction of sp³-hybridized carbons (Fsp3) is 0.625. The zero-order valence-corrected chi connectivity index (χ0v) is 14.0. The van der Waals surface area contributed by atoms with Gasteiger partial charge in [-0.1, -0.05) is 55.8 Å². The molecular formula is C16H26BrNO. The SMILES string of the molecule is CCC(N)C(OCCC(C)(C)C)c1cccc(Br)c1. The molecule has 0 heterocycles. The highest BCUT2D eigenvalue weighted by atomic mass is 79.9. The molecule has 0 radical (unpaired) electrons. The van der Waals surface area contributed by atoms with Crippen LogP contribution in [0.4, 0.5) is 0 Å². The third-order valence-electron chi connectivity index (χ3n) is 3.19. The van der Waals surface area contributed by atoms with Crippen molar-refractivity contribution < 1.29 is 4.74 Å². The third-order valence-corrected chi connectivity index (χ3v) is 3.68. The molecule has 0 aromatic heterocycles. The largest absolute Gasteiger partial charge is 0.372 e. The fourth-order valence-corrected chi connectivity index (χ4v) is 2.27. The second-order valence-corrected chi connectivity index (χ2v) is 7.14. The van der Waals surface area contributed by atoms with Crippen LogP contribution in [-0.2, 0) is 4.74 Å². The fourth-order valence-electron chi connectivity index (χ4n) is 1.86. The Kier molecular flexibility index (Phi) is 6.51. The highest BCUT2D eigenvalue weighted by Gasteiger charge is 2.20. The zero-order chi connectivity index (χ0) is 14.5. The molecule has 0 spiro atoms. The summed E-state index contributed by atoms with van der Waals surface area (Å²) in [4.78, 5) is 0. The van der Waals surface area contributed by atoms with Crippen LogP contribution in [0.25, 0.3) is 0 Å². The van der Waals surface area contributed by atoms with Gasteiger partial charge in [0.05, 0.1) is 6.10 Å². The van der Waals surface area contributed by atoms with Crippen LogP contribution in [-0.4, -0.2) is 12.6 Å². The Morgan fingerprint density at radius 3 is 2.53 bits per heavy atom. The quantitative estimate of drug-likeness (QED) is 0.823. The van der Waals surface area contributed by atoms with Gasteiger partial charge in [-0.3, -0.25) is 0 Å². The molecule has 2 N–H and O–H groups in total. The summed E-state index contributed by atoms with van der Waals surface area (Å²) >= 11 is 3.51. The van der Waals surface area contributed by atoms with Gasteiger partial charge in [-0.25, -0.2) is 0 Å². The van der Waals surface area contributed by atoms with E-state index in [1.165, 1.54) is 0 Å². The molecule has 1 aromatic carbocycles. The lowest BCUT2D eigenvalue weighted by molar-refractivity contribution is 0.0199. The Morgan fingerprint density at radius 1 is 1.32 bits per heavy atom. The van der Waals surface area contributed by atoms with Gasteiger partial charge >= 0.3 is 0 Å². The molecule has 2 nitrogen and oxygen atoms in total. The van der Waals surface area contributed by atoms with Gasteiger partial charge in [0.25, 0.3) is 0 Å². The van der Waals surface area contributed by atoms with Gasteiger partial charge in [0.15, 0.2) is 0 Å². The number of rotatable bonds is 6. The Morgan fingerprint density at radius 2 is 2.00 bits per heavy atom. The minimum absolute atomic E-state index is 0.0233. The second-order valence-electron chi connectivity index (χ2n) is 6.23. The lowest BCUT2D eigenvalue weighted by Crippen LogP contribution is -2.30. The summed E-state index contributed by atoms with van der Waals surface area (Å²) in [5.41, 5.74) is 7.65. The van der Waals surface area contributed by atoms with Gasteiger partial charge in [0, 0.05) is 17.1 Å². The van der Waals surface area contributed by atoms with Gasteiger partial charge < -0.3 is 10.5 Å². The van der Waals surface area contributed by atoms with E-state index >= 15 is 0 Å². The molecule has 108 valence electrons. The molecule has 3 heteroatoms. The Hall–Kier alpha value is -0.380. The smallest absolute Gasteiger partial charge is 0.0975 e. The molecule has 0 saturated carbocycles. The number of nitrogens with two attached hydrogens (primary N) is 1. The van der Waals surface area contributed by atoms with Crippen molar-refractivity contribution in [1.29, 1.82) is 0 Å². The Balaban J connectivity index is 2.73. The molecule has 0 bridgehead atoms. The summed E-state index contributed by atoms with van der Waals surface area (Å²) < 4.78 is 7.13. The van der Waals surface area contributed by atoms with Crippen molar-refractivity contribution in [1.82, 2.24) is 0 Å². The lowest BCUT2D eigenvalue weighted by Gasteiger charge is -2.26. The summed E-state index contributed by atoms with van der Waals surface area (Å²) in [6.45, 7) is 9.52. The van der Waals surface area contributed by atoms with Crippen LogP contribution in [0.1, 0.15) is 52.2 Å². The molecule has 0 aliphatic carbocycles. The monoisotopic (exact) mass is 327 g/mol. The number of hydrogen-bond acceptors (Lipinski definition) is 2. The molecule has 1 aromatic rings. The van der Waals surface area contributed by atoms with Crippen LogP contribution in [0, 0.1) is 5.41 Å². The first kappa shape index (κ1) is 16.7. The van der Waals surface area contributed by atoms with E-state index in [-0.39, 0.29) is 17.6 Å². The lowest BCUT2D eigenvalue weighted by atomic mass is 9.93. The van der Waals surface area contributed by atoms with Crippen molar-refractivity contribution >= 4 is 15.9 Å². The van der Waals surface area contributed by atoms with E-state index in [0.717, 1.165) is 29.5 Å². The number of benzene rings is 1. The van der Waals surface area contributed by atoms with Crippen LogP contribution in [0.15, 0.2) is 28.7 Å². The minimum atomic E-state index is -0.0233. The maximum Gasteiger partial charge on any atom is 0.0975 e. The van der Waals surface area contributed by atoms with Crippen molar-refractivity contribution in [2.24, 2.45) is 11.1 Å². The third kappa shape index (κ3) is 6.07. The Bertz CT molecular complexity index is 387. The van der Waals surface area contributed by atoms with E-state index in [1.807, 2.05) is 12.1 Å². The van der Waals surface area contributed by atoms with Gasteiger partial charge in [-0.15, -0.1) is 0 Å². The van der Waals surface area contributed by atoms with Crippen LogP contribution in [0.2, 0.25) is 0 Å². The van der Waals surface area contributed by atoms with Crippen molar-refractivity contribution in [2.45, 2.75) is 52.7 Å². The molecule has 2 atom stereocenters. The summed E-state index contributed by atoms with van der Waals surface area (Å²) in [5, 5.41) is 0. The molecule has 0 fully saturated rings. The number of hydrogen-bond donors (Lipinski definition) is 1. The minimum Gasteiger partial charge on any atom is -0.372 e. The average molecular weight is 328 g/mol. The van der Waals surface area contributed by atoms with Gasteiger partial charge in [-0.2, -0.15) is 0 Å². The molecule has 0 aliphatic heterocycles. The molecule has 0 aliphatic rings. The van der Waals surface area contributed by atoms with Gasteiger partial charge in [0.2, 0.25) is 0 Å². The highest BCUT2D eigenvalue weighted by molar-refractivity contribution is 9.10. The zero-order valence-electron chi connectivity index (χ0n) is 12.4. The predicted octanol–water partition coefficient (Wildman–Crippen LogP) is 4.68. The van der Waals surface area contributed by atoms with E-state index in [0.29, 0.717) is 0 Å². The maximum atomic E-state index is 6.21. The van der Waals surface area contributed by atoms with Gasteiger partial charge in [0.1, 0.15) is 0 Å². The normalized spacial score (nSPS) is 15.3. The van der Waals surface area contributed by atoms with Crippen LogP contribution >= 0.6 is 15.9 Å². The highest BCUT2D eigenvalue weighted by Crippen LogP contribution is 2.27. The first-order valence-electron chi connectivity index (χ1n) is 6.96. The van der Waals surface area contributed by atoms with Crippen molar-refractivity contribution in [3.63, 3.8) is 0 Å². The first-order chi connectivity index (χ1) is 8.83. The summed E-state index contributed by atoms with van der Waals surface area (Å²) in [6.07, 6.45) is 1.92. The van der Waals surface area contributed by atoms with Crippen LogP contribution in [0.5, 0.6) is 0 Å². The van der Waals surface area contributed by atoms with Crippen molar-refractivity contribution in [3.8, 4) is 0 Å². The summed E-state index contributed by atoms with van der Waals surface area (Å²) in [5.74, 6) is 0. The van der Waals surface area contributed by atoms with E-state index in [9.17, 15) is 0 Å². The van der Waals surface area contributed by atoms with E-state index in [1.54, 1.807) is 0 Å². The maximum absolute atomic E-state index is 6.21. The molecule has 1 rings (SSSR count). The molecule has 2 unspecified atom stereocenters. The first-order valence-corrected chi connectivity index (χ1v) is 7.75.